The molecular weight excluding hydrogens is 303 g/mol. The zero-order chi connectivity index (χ0) is 13.8. The van der Waals surface area contributed by atoms with Crippen LogP contribution in [0.1, 0.15) is 15.9 Å². The van der Waals surface area contributed by atoms with Gasteiger partial charge < -0.3 is 9.90 Å². The molecule has 0 aromatic heterocycles. The van der Waals surface area contributed by atoms with Gasteiger partial charge in [0, 0.05) is 16.2 Å². The quantitative estimate of drug-likeness (QED) is 0.809. The number of benzene rings is 2. The van der Waals surface area contributed by atoms with Crippen LogP contribution in [0.3, 0.4) is 0 Å². The number of carbonyl (C=O) groups is 1. The molecule has 0 fully saturated rings. The summed E-state index contributed by atoms with van der Waals surface area (Å²) < 4.78 is 0. The van der Waals surface area contributed by atoms with Crippen molar-refractivity contribution in [1.29, 1.82) is 0 Å². The van der Waals surface area contributed by atoms with Crippen molar-refractivity contribution in [3.63, 3.8) is 0 Å². The molecule has 0 unspecified atom stereocenters. The van der Waals surface area contributed by atoms with E-state index in [9.17, 15) is 9.90 Å². The van der Waals surface area contributed by atoms with Crippen LogP contribution >= 0.6 is 35.0 Å². The highest BCUT2D eigenvalue weighted by molar-refractivity contribution is 7.98. The molecule has 5 heteroatoms. The molecule has 0 bridgehead atoms. The number of hydrogen-bond acceptors (Lipinski definition) is 3. The fourth-order valence-corrected chi connectivity index (χ4v) is 2.86. The molecule has 0 N–H and O–H groups in total. The molecule has 0 heterocycles. The molecule has 0 spiro atoms. The van der Waals surface area contributed by atoms with E-state index in [0.29, 0.717) is 20.7 Å². The summed E-state index contributed by atoms with van der Waals surface area (Å²) in [6.45, 7) is 0. The minimum absolute atomic E-state index is 0.201. The van der Waals surface area contributed by atoms with Crippen molar-refractivity contribution in [1.82, 2.24) is 0 Å². The van der Waals surface area contributed by atoms with Crippen molar-refractivity contribution in [2.45, 2.75) is 10.6 Å². The molecule has 2 nitrogen and oxygen atoms in total. The van der Waals surface area contributed by atoms with Gasteiger partial charge in [-0.3, -0.25) is 0 Å². The lowest BCUT2D eigenvalue weighted by Crippen LogP contribution is -2.22. The number of rotatable bonds is 4. The number of carbonyl (C=O) groups excluding carboxylic acids is 1. The highest BCUT2D eigenvalue weighted by atomic mass is 35.5. The first-order valence-electron chi connectivity index (χ1n) is 5.45. The Hall–Kier alpha value is -1.16. The smallest absolute Gasteiger partial charge is 0.0726 e. The van der Waals surface area contributed by atoms with Crippen LogP contribution in [-0.2, 0) is 5.75 Å². The van der Waals surface area contributed by atoms with Gasteiger partial charge in [-0.2, -0.15) is 0 Å². The van der Waals surface area contributed by atoms with Crippen molar-refractivity contribution >= 4 is 40.9 Å². The van der Waals surface area contributed by atoms with E-state index in [1.807, 2.05) is 6.07 Å². The van der Waals surface area contributed by atoms with Crippen molar-refractivity contribution in [2.75, 3.05) is 0 Å². The van der Waals surface area contributed by atoms with E-state index in [4.69, 9.17) is 23.2 Å². The van der Waals surface area contributed by atoms with E-state index in [1.54, 1.807) is 30.3 Å². The fraction of sp³-hybridized carbons (Fsp3) is 0.0714. The van der Waals surface area contributed by atoms with Crippen LogP contribution in [0.25, 0.3) is 0 Å². The van der Waals surface area contributed by atoms with Gasteiger partial charge in [0.2, 0.25) is 0 Å². The standard InChI is InChI=1S/C14H10Cl2O2S/c15-11-6-5-9(7-12(11)16)8-19-13-4-2-1-3-10(13)14(17)18/h1-7H,8H2,(H,17,18)/p-1. The third-order valence-electron chi connectivity index (χ3n) is 2.49. The number of carboxylic acids is 1. The first-order valence-corrected chi connectivity index (χ1v) is 7.19. The molecule has 0 atom stereocenters. The molecule has 0 radical (unpaired) electrons. The summed E-state index contributed by atoms with van der Waals surface area (Å²) >= 11 is 13.2. The number of thioether (sulfide) groups is 1. The molecular formula is C14H9Cl2O2S-. The lowest BCUT2D eigenvalue weighted by atomic mass is 10.2. The van der Waals surface area contributed by atoms with Gasteiger partial charge in [0.1, 0.15) is 0 Å². The summed E-state index contributed by atoms with van der Waals surface area (Å²) in [7, 11) is 0. The largest absolute Gasteiger partial charge is 0.545 e. The van der Waals surface area contributed by atoms with Crippen LogP contribution < -0.4 is 5.11 Å². The zero-order valence-electron chi connectivity index (χ0n) is 9.73. The maximum Gasteiger partial charge on any atom is 0.0726 e. The number of hydrogen-bond donors (Lipinski definition) is 0. The number of halogens is 2. The minimum atomic E-state index is -1.17. The minimum Gasteiger partial charge on any atom is -0.545 e. The van der Waals surface area contributed by atoms with Gasteiger partial charge in [-0.15, -0.1) is 11.8 Å². The van der Waals surface area contributed by atoms with Crippen molar-refractivity contribution in [3.8, 4) is 0 Å². The topological polar surface area (TPSA) is 40.1 Å². The molecule has 0 saturated heterocycles. The summed E-state index contributed by atoms with van der Waals surface area (Å²) in [4.78, 5) is 11.6. The molecule has 0 amide bonds. The predicted octanol–water partition coefficient (Wildman–Crippen LogP) is 3.65. The summed E-state index contributed by atoms with van der Waals surface area (Å²) in [5.74, 6) is -0.557. The lowest BCUT2D eigenvalue weighted by Gasteiger charge is -2.10. The molecule has 0 aliphatic rings. The Balaban J connectivity index is 2.14. The highest BCUT2D eigenvalue weighted by Gasteiger charge is 2.05. The van der Waals surface area contributed by atoms with Crippen LogP contribution in [0.4, 0.5) is 0 Å². The second-order valence-electron chi connectivity index (χ2n) is 3.82. The van der Waals surface area contributed by atoms with Gasteiger partial charge in [-0.25, -0.2) is 0 Å². The average molecular weight is 312 g/mol. The van der Waals surface area contributed by atoms with Gasteiger partial charge in [0.15, 0.2) is 0 Å². The average Bonchev–Trinajstić information content (AvgIpc) is 2.40. The molecule has 0 saturated carbocycles. The summed E-state index contributed by atoms with van der Waals surface area (Å²) in [6, 6.07) is 12.1. The Labute approximate surface area is 125 Å². The van der Waals surface area contributed by atoms with Gasteiger partial charge in [0.05, 0.1) is 16.0 Å². The third kappa shape index (κ3) is 3.66. The highest BCUT2D eigenvalue weighted by Crippen LogP contribution is 2.29. The molecule has 19 heavy (non-hydrogen) atoms. The van der Waals surface area contributed by atoms with E-state index in [-0.39, 0.29) is 5.56 Å². The van der Waals surface area contributed by atoms with Crippen LogP contribution in [0, 0.1) is 0 Å². The second kappa shape index (κ2) is 6.33. The Morgan fingerprint density at radius 2 is 1.84 bits per heavy atom. The predicted molar refractivity (Wildman–Crippen MR) is 76.8 cm³/mol. The molecule has 2 aromatic rings. The molecule has 98 valence electrons. The first kappa shape index (κ1) is 14.3. The summed E-state index contributed by atoms with van der Waals surface area (Å²) in [5, 5.41) is 12.0. The summed E-state index contributed by atoms with van der Waals surface area (Å²) in [5.41, 5.74) is 1.18. The maximum atomic E-state index is 11.0. The Bertz CT molecular complexity index is 614. The SMILES string of the molecule is O=C([O-])c1ccccc1SCc1ccc(Cl)c(Cl)c1. The lowest BCUT2D eigenvalue weighted by molar-refractivity contribution is -0.255. The van der Waals surface area contributed by atoms with E-state index < -0.39 is 5.97 Å². The normalized spacial score (nSPS) is 10.4. The Morgan fingerprint density at radius 1 is 1.11 bits per heavy atom. The monoisotopic (exact) mass is 311 g/mol. The molecule has 2 aromatic carbocycles. The van der Waals surface area contributed by atoms with E-state index in [0.717, 1.165) is 5.56 Å². The van der Waals surface area contributed by atoms with Gasteiger partial charge in [-0.05, 0) is 23.8 Å². The maximum absolute atomic E-state index is 11.0. The molecule has 0 aliphatic heterocycles. The van der Waals surface area contributed by atoms with E-state index >= 15 is 0 Å². The van der Waals surface area contributed by atoms with Crippen LogP contribution in [0.5, 0.6) is 0 Å². The zero-order valence-corrected chi connectivity index (χ0v) is 12.1. The third-order valence-corrected chi connectivity index (χ3v) is 4.37. The van der Waals surface area contributed by atoms with Gasteiger partial charge >= 0.3 is 0 Å². The van der Waals surface area contributed by atoms with Gasteiger partial charge in [0.25, 0.3) is 0 Å². The van der Waals surface area contributed by atoms with Gasteiger partial charge in [-0.1, -0.05) is 47.5 Å². The van der Waals surface area contributed by atoms with Crippen molar-refractivity contribution < 1.29 is 9.90 Å². The number of aromatic carboxylic acids is 1. The Kier molecular flexibility index (Phi) is 4.75. The van der Waals surface area contributed by atoms with E-state index in [1.165, 1.54) is 17.8 Å². The fourth-order valence-electron chi connectivity index (χ4n) is 1.55. The first-order chi connectivity index (χ1) is 9.08. The Morgan fingerprint density at radius 3 is 2.53 bits per heavy atom. The second-order valence-corrected chi connectivity index (χ2v) is 5.65. The van der Waals surface area contributed by atoms with Crippen molar-refractivity contribution in [2.24, 2.45) is 0 Å². The van der Waals surface area contributed by atoms with Crippen LogP contribution in [0.2, 0.25) is 10.0 Å². The molecule has 0 aliphatic carbocycles. The van der Waals surface area contributed by atoms with E-state index in [2.05, 4.69) is 0 Å². The van der Waals surface area contributed by atoms with Crippen LogP contribution in [-0.4, -0.2) is 5.97 Å². The van der Waals surface area contributed by atoms with Crippen molar-refractivity contribution in [3.05, 3.63) is 63.6 Å². The van der Waals surface area contributed by atoms with Crippen LogP contribution in [0.15, 0.2) is 47.4 Å². The number of carboxylic acid groups (broad SMARTS) is 1. The summed E-state index contributed by atoms with van der Waals surface area (Å²) in [6.07, 6.45) is 0. The molecule has 2 rings (SSSR count).